The molecule has 0 aromatic carbocycles. The lowest BCUT2D eigenvalue weighted by Gasteiger charge is -2.17. The van der Waals surface area contributed by atoms with Crippen LogP contribution in [0.3, 0.4) is 0 Å². The van der Waals surface area contributed by atoms with Gasteiger partial charge < -0.3 is 25.2 Å². The second-order valence-corrected chi connectivity index (χ2v) is 7.50. The van der Waals surface area contributed by atoms with Crippen LogP contribution in [0.1, 0.15) is 19.1 Å². The van der Waals surface area contributed by atoms with Gasteiger partial charge in [-0.25, -0.2) is 13.9 Å². The average Bonchev–Trinajstić information content (AvgIpc) is 2.82. The van der Waals surface area contributed by atoms with Crippen LogP contribution in [0, 0.1) is 0 Å². The summed E-state index contributed by atoms with van der Waals surface area (Å²) in [5.41, 5.74) is 4.78. The zero-order chi connectivity index (χ0) is 17.3. The maximum atomic E-state index is 11.7. The highest BCUT2D eigenvalue weighted by molar-refractivity contribution is 7.60. The molecular formula is C9H15N3O9P2. The van der Waals surface area contributed by atoms with E-state index in [1.54, 1.807) is 0 Å². The van der Waals surface area contributed by atoms with Gasteiger partial charge in [0.25, 0.3) is 0 Å². The smallest absolute Gasteiger partial charge is 0.383 e. The van der Waals surface area contributed by atoms with E-state index in [0.29, 0.717) is 12.8 Å². The summed E-state index contributed by atoms with van der Waals surface area (Å²) in [5, 5.41) is 0. The van der Waals surface area contributed by atoms with Crippen molar-refractivity contribution in [3.63, 3.8) is 0 Å². The van der Waals surface area contributed by atoms with Gasteiger partial charge in [-0.3, -0.25) is 9.09 Å². The van der Waals surface area contributed by atoms with Crippen molar-refractivity contribution in [2.75, 3.05) is 12.3 Å². The SMILES string of the molecule is Nc1ccn([C@@H]2CC[C@@H](COP(=O)(O)OP(=O)(O)O)O2)c(=O)n1. The molecular weight excluding hydrogens is 356 g/mol. The van der Waals surface area contributed by atoms with Crippen LogP contribution in [0.2, 0.25) is 0 Å². The topological polar surface area (TPSA) is 183 Å². The van der Waals surface area contributed by atoms with E-state index in [0.717, 1.165) is 0 Å². The molecule has 14 heteroatoms. The fourth-order valence-corrected chi connectivity index (χ4v) is 3.61. The van der Waals surface area contributed by atoms with E-state index >= 15 is 0 Å². The molecule has 2 heterocycles. The fourth-order valence-electron chi connectivity index (χ4n) is 1.99. The second-order valence-electron chi connectivity index (χ2n) is 4.67. The summed E-state index contributed by atoms with van der Waals surface area (Å²) >= 11 is 0. The largest absolute Gasteiger partial charge is 0.481 e. The minimum absolute atomic E-state index is 0.0694. The van der Waals surface area contributed by atoms with Gasteiger partial charge in [0, 0.05) is 6.20 Å². The van der Waals surface area contributed by atoms with E-state index in [-0.39, 0.29) is 5.82 Å². The first-order valence-corrected chi connectivity index (χ1v) is 9.33. The molecule has 1 aliphatic rings. The highest BCUT2D eigenvalue weighted by Gasteiger charge is 2.35. The normalized spacial score (nSPS) is 24.5. The van der Waals surface area contributed by atoms with Gasteiger partial charge in [-0.1, -0.05) is 0 Å². The minimum Gasteiger partial charge on any atom is -0.383 e. The molecule has 0 saturated carbocycles. The van der Waals surface area contributed by atoms with Gasteiger partial charge in [0.15, 0.2) is 0 Å². The Morgan fingerprint density at radius 2 is 2.09 bits per heavy atom. The van der Waals surface area contributed by atoms with Crippen LogP contribution in [0.4, 0.5) is 5.82 Å². The predicted octanol–water partition coefficient (Wildman–Crippen LogP) is -0.271. The highest BCUT2D eigenvalue weighted by Crippen LogP contribution is 2.57. The molecule has 0 aliphatic carbocycles. The van der Waals surface area contributed by atoms with E-state index in [9.17, 15) is 13.9 Å². The standard InChI is InChI=1S/C9H15N3O9P2/c10-7-3-4-12(9(13)11-7)8-2-1-6(20-8)5-19-23(17,18)21-22(14,15)16/h3-4,6,8H,1-2,5H2,(H,17,18)(H2,10,11,13)(H2,14,15,16)/t6-,8-/m0/s1. The number of nitrogens with two attached hydrogens (primary N) is 1. The molecule has 23 heavy (non-hydrogen) atoms. The Kier molecular flexibility index (Phi) is 5.39. The Labute approximate surface area is 129 Å². The van der Waals surface area contributed by atoms with Crippen LogP contribution in [0.5, 0.6) is 0 Å². The second kappa shape index (κ2) is 6.80. The average molecular weight is 371 g/mol. The number of hydrogen-bond donors (Lipinski definition) is 4. The van der Waals surface area contributed by atoms with Gasteiger partial charge in [0.05, 0.1) is 12.7 Å². The third-order valence-electron chi connectivity index (χ3n) is 2.88. The summed E-state index contributed by atoms with van der Waals surface area (Å²) in [4.78, 5) is 41.3. The first kappa shape index (κ1) is 18.2. The summed E-state index contributed by atoms with van der Waals surface area (Å²) in [6.07, 6.45) is 0.897. The Bertz CT molecular complexity index is 716. The summed E-state index contributed by atoms with van der Waals surface area (Å²) in [7, 11) is -10.1. The van der Waals surface area contributed by atoms with Crippen LogP contribution in [-0.2, 0) is 22.7 Å². The molecule has 1 aromatic heterocycles. The number of aromatic nitrogens is 2. The lowest BCUT2D eigenvalue weighted by molar-refractivity contribution is -0.0242. The molecule has 1 saturated heterocycles. The number of phosphoric acid groups is 2. The Balaban J connectivity index is 1.92. The highest BCUT2D eigenvalue weighted by atomic mass is 31.3. The molecule has 1 fully saturated rings. The van der Waals surface area contributed by atoms with Gasteiger partial charge in [0.1, 0.15) is 12.0 Å². The summed E-state index contributed by atoms with van der Waals surface area (Å²) in [6.45, 7) is -0.443. The minimum atomic E-state index is -5.16. The van der Waals surface area contributed by atoms with Crippen molar-refractivity contribution in [2.45, 2.75) is 25.2 Å². The zero-order valence-corrected chi connectivity index (χ0v) is 13.4. The number of anilines is 1. The van der Waals surface area contributed by atoms with Crippen molar-refractivity contribution in [3.05, 3.63) is 22.7 Å². The van der Waals surface area contributed by atoms with Crippen LogP contribution < -0.4 is 11.4 Å². The number of rotatable bonds is 6. The third-order valence-corrected chi connectivity index (χ3v) is 5.03. The molecule has 0 amide bonds. The molecule has 1 unspecified atom stereocenters. The Morgan fingerprint density at radius 1 is 1.39 bits per heavy atom. The Hall–Kier alpha value is -1.10. The van der Waals surface area contributed by atoms with Gasteiger partial charge in [0.2, 0.25) is 0 Å². The number of nitrogen functional groups attached to an aromatic ring is 1. The van der Waals surface area contributed by atoms with Crippen molar-refractivity contribution in [3.8, 4) is 0 Å². The van der Waals surface area contributed by atoms with Gasteiger partial charge in [-0.2, -0.15) is 9.29 Å². The molecule has 0 radical (unpaired) electrons. The van der Waals surface area contributed by atoms with Crippen LogP contribution >= 0.6 is 15.6 Å². The number of phosphoric ester groups is 1. The van der Waals surface area contributed by atoms with Crippen molar-refractivity contribution < 1.29 is 37.4 Å². The summed E-state index contributed by atoms with van der Waals surface area (Å²) < 4.78 is 36.6. The summed E-state index contributed by atoms with van der Waals surface area (Å²) in [5.74, 6) is 0.0694. The molecule has 130 valence electrons. The predicted molar refractivity (Wildman–Crippen MR) is 75.0 cm³/mol. The van der Waals surface area contributed by atoms with Crippen LogP contribution in [0.25, 0.3) is 0 Å². The van der Waals surface area contributed by atoms with Gasteiger partial charge >= 0.3 is 21.3 Å². The van der Waals surface area contributed by atoms with Gasteiger partial charge in [-0.15, -0.1) is 0 Å². The molecule has 12 nitrogen and oxygen atoms in total. The van der Waals surface area contributed by atoms with Crippen molar-refractivity contribution in [1.82, 2.24) is 9.55 Å². The van der Waals surface area contributed by atoms with Crippen LogP contribution in [-0.4, -0.2) is 36.9 Å². The van der Waals surface area contributed by atoms with E-state index < -0.39 is 40.3 Å². The fraction of sp³-hybridized carbons (Fsp3) is 0.556. The molecule has 3 atom stereocenters. The van der Waals surface area contributed by atoms with Crippen molar-refractivity contribution in [1.29, 1.82) is 0 Å². The molecule has 0 bridgehead atoms. The zero-order valence-electron chi connectivity index (χ0n) is 11.6. The third kappa shape index (κ3) is 5.48. The Morgan fingerprint density at radius 3 is 2.70 bits per heavy atom. The van der Waals surface area contributed by atoms with Crippen LogP contribution in [0.15, 0.2) is 17.1 Å². The maximum Gasteiger partial charge on any atom is 0.481 e. The van der Waals surface area contributed by atoms with Crippen molar-refractivity contribution in [2.24, 2.45) is 0 Å². The lowest BCUT2D eigenvalue weighted by Crippen LogP contribution is -2.27. The maximum absolute atomic E-state index is 11.7. The molecule has 1 aromatic rings. The van der Waals surface area contributed by atoms with E-state index in [4.69, 9.17) is 25.2 Å². The number of ether oxygens (including phenoxy) is 1. The van der Waals surface area contributed by atoms with Gasteiger partial charge in [-0.05, 0) is 18.9 Å². The number of nitrogens with zero attached hydrogens (tertiary/aromatic N) is 2. The molecule has 0 spiro atoms. The monoisotopic (exact) mass is 371 g/mol. The van der Waals surface area contributed by atoms with Crippen molar-refractivity contribution >= 4 is 21.5 Å². The lowest BCUT2D eigenvalue weighted by atomic mass is 10.2. The van der Waals surface area contributed by atoms with E-state index in [2.05, 4.69) is 13.8 Å². The number of hydrogen-bond acceptors (Lipinski definition) is 8. The molecule has 1 aliphatic heterocycles. The molecule has 5 N–H and O–H groups in total. The first-order valence-electron chi connectivity index (χ1n) is 6.30. The van der Waals surface area contributed by atoms with E-state index in [1.165, 1.54) is 16.8 Å². The van der Waals surface area contributed by atoms with E-state index in [1.807, 2.05) is 0 Å². The first-order chi connectivity index (χ1) is 10.6. The quantitative estimate of drug-likeness (QED) is 0.483. The molecule has 2 rings (SSSR count). The summed E-state index contributed by atoms with van der Waals surface area (Å²) in [6, 6.07) is 1.42.